The molecule has 3 N–H and O–H groups in total. The largest absolute Gasteiger partial charge is 0.481 e. The van der Waals surface area contributed by atoms with Crippen molar-refractivity contribution in [3.05, 3.63) is 0 Å². The van der Waals surface area contributed by atoms with Gasteiger partial charge in [-0.05, 0) is 19.4 Å². The van der Waals surface area contributed by atoms with E-state index in [0.29, 0.717) is 0 Å². The summed E-state index contributed by atoms with van der Waals surface area (Å²) in [5.41, 5.74) is 5.35. The van der Waals surface area contributed by atoms with E-state index in [1.165, 1.54) is 12.8 Å². The SMILES string of the molecule is CC(CCCCCCCN)C(=O)O. The van der Waals surface area contributed by atoms with Crippen molar-refractivity contribution in [3.8, 4) is 0 Å². The Morgan fingerprint density at radius 2 is 1.77 bits per heavy atom. The molecule has 0 aliphatic heterocycles. The zero-order valence-electron chi connectivity index (χ0n) is 8.46. The second-order valence-electron chi connectivity index (χ2n) is 3.58. The number of carboxylic acid groups (broad SMARTS) is 1. The van der Waals surface area contributed by atoms with Gasteiger partial charge in [0.25, 0.3) is 0 Å². The predicted molar refractivity (Wildman–Crippen MR) is 53.6 cm³/mol. The molecule has 0 rings (SSSR count). The van der Waals surface area contributed by atoms with Gasteiger partial charge in [0.05, 0.1) is 5.92 Å². The van der Waals surface area contributed by atoms with Crippen molar-refractivity contribution in [3.63, 3.8) is 0 Å². The van der Waals surface area contributed by atoms with Gasteiger partial charge < -0.3 is 10.8 Å². The lowest BCUT2D eigenvalue weighted by Gasteiger charge is -2.04. The molecule has 1 unspecified atom stereocenters. The molecule has 0 amide bonds. The van der Waals surface area contributed by atoms with Crippen molar-refractivity contribution in [1.82, 2.24) is 0 Å². The lowest BCUT2D eigenvalue weighted by atomic mass is 10.0. The maximum absolute atomic E-state index is 10.4. The molecule has 0 saturated carbocycles. The van der Waals surface area contributed by atoms with Gasteiger partial charge in [-0.15, -0.1) is 0 Å². The Hall–Kier alpha value is -0.570. The molecule has 0 aliphatic carbocycles. The third kappa shape index (κ3) is 7.78. The van der Waals surface area contributed by atoms with E-state index < -0.39 is 5.97 Å². The number of carbonyl (C=O) groups is 1. The molecule has 3 nitrogen and oxygen atoms in total. The molecule has 0 aliphatic rings. The summed E-state index contributed by atoms with van der Waals surface area (Å²) >= 11 is 0. The second kappa shape index (κ2) is 8.05. The molecule has 13 heavy (non-hydrogen) atoms. The first-order valence-electron chi connectivity index (χ1n) is 5.11. The highest BCUT2D eigenvalue weighted by Gasteiger charge is 2.08. The maximum Gasteiger partial charge on any atom is 0.306 e. The summed E-state index contributed by atoms with van der Waals surface area (Å²) < 4.78 is 0. The monoisotopic (exact) mass is 187 g/mol. The molecular weight excluding hydrogens is 166 g/mol. The van der Waals surface area contributed by atoms with Crippen LogP contribution in [-0.4, -0.2) is 17.6 Å². The Balaban J connectivity index is 3.11. The van der Waals surface area contributed by atoms with Crippen LogP contribution in [0.25, 0.3) is 0 Å². The van der Waals surface area contributed by atoms with Crippen LogP contribution in [-0.2, 0) is 4.79 Å². The Morgan fingerprint density at radius 1 is 1.23 bits per heavy atom. The lowest BCUT2D eigenvalue weighted by Crippen LogP contribution is -2.08. The van der Waals surface area contributed by atoms with E-state index in [1.54, 1.807) is 6.92 Å². The first kappa shape index (κ1) is 12.4. The van der Waals surface area contributed by atoms with Gasteiger partial charge in [-0.3, -0.25) is 4.79 Å². The number of carboxylic acids is 1. The standard InChI is InChI=1S/C10H21NO2/c1-9(10(12)13)7-5-3-2-4-6-8-11/h9H,2-8,11H2,1H3,(H,12,13). The van der Waals surface area contributed by atoms with Crippen LogP contribution in [0, 0.1) is 5.92 Å². The fraction of sp³-hybridized carbons (Fsp3) is 0.900. The minimum Gasteiger partial charge on any atom is -0.481 e. The topological polar surface area (TPSA) is 63.3 Å². The number of hydrogen-bond acceptors (Lipinski definition) is 2. The van der Waals surface area contributed by atoms with Crippen molar-refractivity contribution in [1.29, 1.82) is 0 Å². The Kier molecular flexibility index (Phi) is 7.69. The highest BCUT2D eigenvalue weighted by molar-refractivity contribution is 5.69. The minimum atomic E-state index is -0.679. The van der Waals surface area contributed by atoms with Crippen LogP contribution in [0.1, 0.15) is 45.4 Å². The smallest absolute Gasteiger partial charge is 0.306 e. The van der Waals surface area contributed by atoms with Gasteiger partial charge in [0.1, 0.15) is 0 Å². The summed E-state index contributed by atoms with van der Waals surface area (Å²) in [5, 5.41) is 8.61. The molecule has 1 atom stereocenters. The molecule has 0 saturated heterocycles. The van der Waals surface area contributed by atoms with E-state index in [9.17, 15) is 4.79 Å². The first-order valence-corrected chi connectivity index (χ1v) is 5.11. The van der Waals surface area contributed by atoms with Crippen LogP contribution < -0.4 is 5.73 Å². The van der Waals surface area contributed by atoms with Crippen molar-refractivity contribution in [2.75, 3.05) is 6.54 Å². The summed E-state index contributed by atoms with van der Waals surface area (Å²) in [6, 6.07) is 0. The van der Waals surface area contributed by atoms with Gasteiger partial charge in [0, 0.05) is 0 Å². The zero-order valence-corrected chi connectivity index (χ0v) is 8.46. The molecule has 0 aromatic heterocycles. The van der Waals surface area contributed by atoms with Crippen molar-refractivity contribution < 1.29 is 9.90 Å². The van der Waals surface area contributed by atoms with Crippen molar-refractivity contribution in [2.24, 2.45) is 11.7 Å². The van der Waals surface area contributed by atoms with E-state index >= 15 is 0 Å². The highest BCUT2D eigenvalue weighted by atomic mass is 16.4. The van der Waals surface area contributed by atoms with Gasteiger partial charge in [-0.1, -0.05) is 32.6 Å². The van der Waals surface area contributed by atoms with E-state index in [0.717, 1.165) is 32.2 Å². The summed E-state index contributed by atoms with van der Waals surface area (Å²) in [6.07, 6.45) is 6.42. The summed E-state index contributed by atoms with van der Waals surface area (Å²) in [7, 11) is 0. The van der Waals surface area contributed by atoms with E-state index in [1.807, 2.05) is 0 Å². The molecule has 0 bridgehead atoms. The summed E-state index contributed by atoms with van der Waals surface area (Å²) in [5.74, 6) is -0.864. The molecule has 0 spiro atoms. The zero-order chi connectivity index (χ0) is 10.1. The van der Waals surface area contributed by atoms with E-state index in [4.69, 9.17) is 10.8 Å². The van der Waals surface area contributed by atoms with Gasteiger partial charge >= 0.3 is 5.97 Å². The summed E-state index contributed by atoms with van der Waals surface area (Å²) in [6.45, 7) is 2.54. The normalized spacial score (nSPS) is 12.8. The Bertz CT molecular complexity index is 137. The van der Waals surface area contributed by atoms with Crippen molar-refractivity contribution in [2.45, 2.75) is 45.4 Å². The van der Waals surface area contributed by atoms with E-state index in [2.05, 4.69) is 0 Å². The predicted octanol–water partition coefficient (Wildman–Crippen LogP) is 2.01. The van der Waals surface area contributed by atoms with Crippen LogP contribution in [0.4, 0.5) is 0 Å². The van der Waals surface area contributed by atoms with Crippen LogP contribution >= 0.6 is 0 Å². The Labute approximate surface area is 80.3 Å². The fourth-order valence-corrected chi connectivity index (χ4v) is 1.25. The Morgan fingerprint density at radius 3 is 2.31 bits per heavy atom. The fourth-order valence-electron chi connectivity index (χ4n) is 1.25. The number of nitrogens with two attached hydrogens (primary N) is 1. The van der Waals surface area contributed by atoms with Gasteiger partial charge in [-0.2, -0.15) is 0 Å². The van der Waals surface area contributed by atoms with Crippen LogP contribution in [0.5, 0.6) is 0 Å². The highest BCUT2D eigenvalue weighted by Crippen LogP contribution is 2.10. The van der Waals surface area contributed by atoms with E-state index in [-0.39, 0.29) is 5.92 Å². The minimum absolute atomic E-state index is 0.186. The molecule has 0 fully saturated rings. The number of unbranched alkanes of at least 4 members (excludes halogenated alkanes) is 4. The number of rotatable bonds is 8. The molecule has 0 heterocycles. The van der Waals surface area contributed by atoms with Gasteiger partial charge in [0.2, 0.25) is 0 Å². The van der Waals surface area contributed by atoms with Gasteiger partial charge in [-0.25, -0.2) is 0 Å². The first-order chi connectivity index (χ1) is 6.18. The number of aliphatic carboxylic acids is 1. The second-order valence-corrected chi connectivity index (χ2v) is 3.58. The third-order valence-corrected chi connectivity index (χ3v) is 2.26. The summed E-state index contributed by atoms with van der Waals surface area (Å²) in [4.78, 5) is 10.4. The number of hydrogen-bond donors (Lipinski definition) is 2. The molecule has 3 heteroatoms. The average Bonchev–Trinajstić information content (AvgIpc) is 2.10. The van der Waals surface area contributed by atoms with Crippen LogP contribution in [0.2, 0.25) is 0 Å². The quantitative estimate of drug-likeness (QED) is 0.571. The third-order valence-electron chi connectivity index (χ3n) is 2.26. The molecule has 0 aromatic rings. The average molecular weight is 187 g/mol. The maximum atomic E-state index is 10.4. The molecule has 0 radical (unpaired) electrons. The molecule has 78 valence electrons. The molecule has 0 aromatic carbocycles. The van der Waals surface area contributed by atoms with Crippen molar-refractivity contribution >= 4 is 5.97 Å². The van der Waals surface area contributed by atoms with Crippen LogP contribution in [0.3, 0.4) is 0 Å². The molecular formula is C10H21NO2. The van der Waals surface area contributed by atoms with Gasteiger partial charge in [0.15, 0.2) is 0 Å². The lowest BCUT2D eigenvalue weighted by molar-refractivity contribution is -0.141. The van der Waals surface area contributed by atoms with Crippen LogP contribution in [0.15, 0.2) is 0 Å².